The Morgan fingerprint density at radius 3 is 2.14 bits per heavy atom. The van der Waals surface area contributed by atoms with Crippen molar-refractivity contribution in [3.05, 3.63) is 27.8 Å². The summed E-state index contributed by atoms with van der Waals surface area (Å²) < 4.78 is 11.1. The third kappa shape index (κ3) is 5.18. The Bertz CT molecular complexity index is 507. The summed E-state index contributed by atoms with van der Waals surface area (Å²) in [6, 6.07) is 6.48. The zero-order valence-corrected chi connectivity index (χ0v) is 15.0. The maximum atomic E-state index is 12.4. The molecule has 21 heavy (non-hydrogen) atoms. The normalized spacial score (nSPS) is 12.5. The topological polar surface area (TPSA) is 55.8 Å². The SMILES string of the molecule is COC(=O)C(C)N(C(=O)OC(C)(C)C)c1ccc(I)cc1. The number of hydrogen-bond acceptors (Lipinski definition) is 4. The Morgan fingerprint density at radius 1 is 1.19 bits per heavy atom. The lowest BCUT2D eigenvalue weighted by Gasteiger charge is -2.30. The van der Waals surface area contributed by atoms with E-state index in [1.54, 1.807) is 39.8 Å². The number of amides is 1. The highest BCUT2D eigenvalue weighted by atomic mass is 127. The van der Waals surface area contributed by atoms with Crippen LogP contribution in [0.1, 0.15) is 27.7 Å². The first-order chi connectivity index (χ1) is 9.65. The van der Waals surface area contributed by atoms with Crippen molar-refractivity contribution in [3.63, 3.8) is 0 Å². The van der Waals surface area contributed by atoms with Crippen LogP contribution in [-0.4, -0.2) is 30.8 Å². The molecule has 0 saturated carbocycles. The number of carbonyl (C=O) groups excluding carboxylic acids is 2. The van der Waals surface area contributed by atoms with Crippen molar-refractivity contribution in [1.29, 1.82) is 0 Å². The van der Waals surface area contributed by atoms with E-state index in [0.717, 1.165) is 3.57 Å². The second-order valence-corrected chi connectivity index (χ2v) is 6.77. The summed E-state index contributed by atoms with van der Waals surface area (Å²) in [4.78, 5) is 25.5. The van der Waals surface area contributed by atoms with Gasteiger partial charge in [0.15, 0.2) is 0 Å². The Labute approximate surface area is 138 Å². The van der Waals surface area contributed by atoms with Crippen molar-refractivity contribution in [2.75, 3.05) is 12.0 Å². The first-order valence-electron chi connectivity index (χ1n) is 6.51. The van der Waals surface area contributed by atoms with E-state index in [4.69, 9.17) is 9.47 Å². The number of carbonyl (C=O) groups is 2. The summed E-state index contributed by atoms with van der Waals surface area (Å²) in [5.41, 5.74) is -0.0588. The minimum absolute atomic E-state index is 0.501. The Balaban J connectivity index is 3.13. The van der Waals surface area contributed by atoms with E-state index >= 15 is 0 Å². The summed E-state index contributed by atoms with van der Waals surface area (Å²) in [5, 5.41) is 0. The van der Waals surface area contributed by atoms with Crippen LogP contribution in [0.5, 0.6) is 0 Å². The van der Waals surface area contributed by atoms with E-state index in [2.05, 4.69) is 22.6 Å². The molecule has 0 heterocycles. The van der Waals surface area contributed by atoms with Crippen LogP contribution in [0.4, 0.5) is 10.5 Å². The zero-order valence-electron chi connectivity index (χ0n) is 12.8. The highest BCUT2D eigenvalue weighted by Gasteiger charge is 2.31. The molecule has 0 spiro atoms. The van der Waals surface area contributed by atoms with Gasteiger partial charge in [0.25, 0.3) is 0 Å². The molecular weight excluding hydrogens is 385 g/mol. The van der Waals surface area contributed by atoms with Gasteiger partial charge in [-0.25, -0.2) is 9.59 Å². The number of nitrogens with zero attached hydrogens (tertiary/aromatic N) is 1. The molecule has 0 saturated heterocycles. The van der Waals surface area contributed by atoms with E-state index in [-0.39, 0.29) is 0 Å². The van der Waals surface area contributed by atoms with Gasteiger partial charge < -0.3 is 9.47 Å². The zero-order chi connectivity index (χ0) is 16.2. The fourth-order valence-corrected chi connectivity index (χ4v) is 2.04. The Morgan fingerprint density at radius 2 is 1.71 bits per heavy atom. The van der Waals surface area contributed by atoms with Crippen LogP contribution in [0.2, 0.25) is 0 Å². The molecule has 0 N–H and O–H groups in total. The van der Waals surface area contributed by atoms with E-state index in [1.165, 1.54) is 12.0 Å². The molecule has 0 radical (unpaired) electrons. The van der Waals surface area contributed by atoms with Gasteiger partial charge in [0.05, 0.1) is 7.11 Å². The molecule has 1 unspecified atom stereocenters. The number of halogens is 1. The maximum Gasteiger partial charge on any atom is 0.415 e. The molecule has 0 bridgehead atoms. The summed E-state index contributed by atoms with van der Waals surface area (Å²) >= 11 is 2.17. The van der Waals surface area contributed by atoms with Crippen LogP contribution < -0.4 is 4.90 Å². The first-order valence-corrected chi connectivity index (χ1v) is 7.59. The third-order valence-corrected chi connectivity index (χ3v) is 3.34. The van der Waals surface area contributed by atoms with E-state index in [1.807, 2.05) is 12.1 Å². The Hall–Kier alpha value is -1.31. The second-order valence-electron chi connectivity index (χ2n) is 5.53. The van der Waals surface area contributed by atoms with Gasteiger partial charge in [-0.1, -0.05) is 0 Å². The highest BCUT2D eigenvalue weighted by Crippen LogP contribution is 2.22. The van der Waals surface area contributed by atoms with Crippen molar-refractivity contribution in [2.24, 2.45) is 0 Å². The second kappa shape index (κ2) is 7.11. The molecule has 6 heteroatoms. The van der Waals surface area contributed by atoms with Crippen molar-refractivity contribution in [3.8, 4) is 0 Å². The van der Waals surface area contributed by atoms with Gasteiger partial charge in [0, 0.05) is 9.26 Å². The average Bonchev–Trinajstić information content (AvgIpc) is 2.38. The quantitative estimate of drug-likeness (QED) is 0.570. The predicted octanol–water partition coefficient (Wildman–Crippen LogP) is 3.59. The molecule has 116 valence electrons. The standard InChI is InChI=1S/C15H20INO4/c1-10(13(18)20-5)17(14(19)21-15(2,3)4)12-8-6-11(16)7-9-12/h6-10H,1-5H3. The molecule has 1 atom stereocenters. The summed E-state index contributed by atoms with van der Waals surface area (Å²) in [7, 11) is 1.29. The van der Waals surface area contributed by atoms with Crippen LogP contribution in [0.3, 0.4) is 0 Å². The van der Waals surface area contributed by atoms with Crippen molar-refractivity contribution in [2.45, 2.75) is 39.3 Å². The predicted molar refractivity (Wildman–Crippen MR) is 89.4 cm³/mol. The average molecular weight is 405 g/mol. The maximum absolute atomic E-state index is 12.4. The van der Waals surface area contributed by atoms with Crippen LogP contribution >= 0.6 is 22.6 Å². The van der Waals surface area contributed by atoms with Gasteiger partial charge in [-0.15, -0.1) is 0 Å². The summed E-state index contributed by atoms with van der Waals surface area (Å²) in [6.07, 6.45) is -0.582. The Kier molecular flexibility index (Phi) is 6.00. The van der Waals surface area contributed by atoms with Crippen LogP contribution in [0.25, 0.3) is 0 Å². The third-order valence-electron chi connectivity index (χ3n) is 2.62. The molecule has 0 aromatic heterocycles. The lowest BCUT2D eigenvalue weighted by Crippen LogP contribution is -2.46. The van der Waals surface area contributed by atoms with Crippen molar-refractivity contribution < 1.29 is 19.1 Å². The van der Waals surface area contributed by atoms with E-state index in [9.17, 15) is 9.59 Å². The van der Waals surface area contributed by atoms with Crippen LogP contribution in [0, 0.1) is 3.57 Å². The number of methoxy groups -OCH3 is 1. The smallest absolute Gasteiger partial charge is 0.415 e. The monoisotopic (exact) mass is 405 g/mol. The molecule has 1 aromatic carbocycles. The minimum Gasteiger partial charge on any atom is -0.467 e. The van der Waals surface area contributed by atoms with Gasteiger partial charge in [-0.05, 0) is 74.6 Å². The van der Waals surface area contributed by atoms with Gasteiger partial charge in [0.2, 0.25) is 0 Å². The number of hydrogen-bond donors (Lipinski definition) is 0. The number of ether oxygens (including phenoxy) is 2. The number of rotatable bonds is 3. The van der Waals surface area contributed by atoms with Crippen LogP contribution in [0.15, 0.2) is 24.3 Å². The number of benzene rings is 1. The molecule has 1 amide bonds. The first kappa shape index (κ1) is 17.7. The molecule has 0 aliphatic carbocycles. The molecule has 5 nitrogen and oxygen atoms in total. The minimum atomic E-state index is -0.773. The van der Waals surface area contributed by atoms with Crippen molar-refractivity contribution >= 4 is 40.3 Å². The number of esters is 1. The number of anilines is 1. The van der Waals surface area contributed by atoms with Gasteiger partial charge in [-0.3, -0.25) is 4.90 Å². The van der Waals surface area contributed by atoms with E-state index < -0.39 is 23.7 Å². The van der Waals surface area contributed by atoms with E-state index in [0.29, 0.717) is 5.69 Å². The molecule has 1 aromatic rings. The van der Waals surface area contributed by atoms with Gasteiger partial charge >= 0.3 is 12.1 Å². The summed E-state index contributed by atoms with van der Waals surface area (Å²) in [5.74, 6) is -0.501. The highest BCUT2D eigenvalue weighted by molar-refractivity contribution is 14.1. The molecule has 1 rings (SSSR count). The van der Waals surface area contributed by atoms with Crippen LogP contribution in [-0.2, 0) is 14.3 Å². The lowest BCUT2D eigenvalue weighted by atomic mass is 10.2. The van der Waals surface area contributed by atoms with Crippen molar-refractivity contribution in [1.82, 2.24) is 0 Å². The molecule has 0 aliphatic rings. The van der Waals surface area contributed by atoms with Gasteiger partial charge in [-0.2, -0.15) is 0 Å². The largest absolute Gasteiger partial charge is 0.467 e. The van der Waals surface area contributed by atoms with Gasteiger partial charge in [0.1, 0.15) is 11.6 Å². The molecular formula is C15H20INO4. The molecule has 0 fully saturated rings. The fourth-order valence-electron chi connectivity index (χ4n) is 1.68. The lowest BCUT2D eigenvalue weighted by molar-refractivity contribution is -0.141. The summed E-state index contributed by atoms with van der Waals surface area (Å²) in [6.45, 7) is 6.94. The molecule has 0 aliphatic heterocycles. The fraction of sp³-hybridized carbons (Fsp3) is 0.467.